The summed E-state index contributed by atoms with van der Waals surface area (Å²) < 4.78 is 5.43. The van der Waals surface area contributed by atoms with Crippen LogP contribution in [0.15, 0.2) is 17.5 Å². The second-order valence-corrected chi connectivity index (χ2v) is 5.01. The Morgan fingerprint density at radius 2 is 2.31 bits per heavy atom. The SMILES string of the molecule is CC(C)OCCN(C)CC(=O)c1cccs1. The highest BCUT2D eigenvalue weighted by molar-refractivity contribution is 7.12. The van der Waals surface area contributed by atoms with E-state index in [0.717, 1.165) is 11.4 Å². The van der Waals surface area contributed by atoms with Gasteiger partial charge in [0, 0.05) is 6.54 Å². The minimum absolute atomic E-state index is 0.182. The molecule has 0 aliphatic carbocycles. The zero-order chi connectivity index (χ0) is 12.0. The summed E-state index contributed by atoms with van der Waals surface area (Å²) in [7, 11) is 1.94. The Morgan fingerprint density at radius 3 is 2.88 bits per heavy atom. The fraction of sp³-hybridized carbons (Fsp3) is 0.583. The smallest absolute Gasteiger partial charge is 0.186 e. The van der Waals surface area contributed by atoms with E-state index in [4.69, 9.17) is 4.74 Å². The van der Waals surface area contributed by atoms with Gasteiger partial charge in [-0.1, -0.05) is 6.07 Å². The van der Waals surface area contributed by atoms with Crippen LogP contribution in [-0.4, -0.2) is 43.5 Å². The van der Waals surface area contributed by atoms with Crippen LogP contribution >= 0.6 is 11.3 Å². The molecule has 0 fully saturated rings. The number of hydrogen-bond donors (Lipinski definition) is 0. The lowest BCUT2D eigenvalue weighted by molar-refractivity contribution is 0.0620. The molecule has 1 aromatic heterocycles. The minimum Gasteiger partial charge on any atom is -0.377 e. The standard InChI is InChI=1S/C12H19NO2S/c1-10(2)15-7-6-13(3)9-11(14)12-5-4-8-16-12/h4-5,8,10H,6-7,9H2,1-3H3. The Bertz CT molecular complexity index is 309. The van der Waals surface area contributed by atoms with Gasteiger partial charge in [-0.2, -0.15) is 0 Å². The van der Waals surface area contributed by atoms with Gasteiger partial charge < -0.3 is 4.74 Å². The summed E-state index contributed by atoms with van der Waals surface area (Å²) in [6.07, 6.45) is 0.251. The van der Waals surface area contributed by atoms with Crippen LogP contribution in [0.4, 0.5) is 0 Å². The summed E-state index contributed by atoms with van der Waals surface area (Å²) in [6.45, 7) is 5.94. The summed E-state index contributed by atoms with van der Waals surface area (Å²) >= 11 is 1.49. The van der Waals surface area contributed by atoms with Crippen molar-refractivity contribution < 1.29 is 9.53 Å². The van der Waals surface area contributed by atoms with Crippen LogP contribution in [0.2, 0.25) is 0 Å². The molecule has 1 heterocycles. The molecule has 0 amide bonds. The van der Waals surface area contributed by atoms with E-state index in [1.54, 1.807) is 0 Å². The molecule has 0 radical (unpaired) electrons. The van der Waals surface area contributed by atoms with Gasteiger partial charge >= 0.3 is 0 Å². The minimum atomic E-state index is 0.182. The third-order valence-electron chi connectivity index (χ3n) is 2.13. The molecular formula is C12H19NO2S. The van der Waals surface area contributed by atoms with Crippen LogP contribution in [0.1, 0.15) is 23.5 Å². The second kappa shape index (κ2) is 6.78. The number of likely N-dealkylation sites (N-methyl/N-ethyl adjacent to an activating group) is 1. The molecule has 0 aliphatic rings. The molecule has 0 bridgehead atoms. The first-order valence-electron chi connectivity index (χ1n) is 5.46. The van der Waals surface area contributed by atoms with Crippen LogP contribution in [0.3, 0.4) is 0 Å². The Kier molecular flexibility index (Phi) is 5.66. The molecule has 0 spiro atoms. The van der Waals surface area contributed by atoms with Gasteiger partial charge in [-0.05, 0) is 32.3 Å². The summed E-state index contributed by atoms with van der Waals surface area (Å²) in [6, 6.07) is 3.77. The van der Waals surface area contributed by atoms with E-state index < -0.39 is 0 Å². The number of ether oxygens (including phenoxy) is 1. The fourth-order valence-electron chi connectivity index (χ4n) is 1.28. The third-order valence-corrected chi connectivity index (χ3v) is 3.04. The van der Waals surface area contributed by atoms with Gasteiger partial charge in [0.05, 0.1) is 24.1 Å². The summed E-state index contributed by atoms with van der Waals surface area (Å²) in [5.74, 6) is 0.182. The summed E-state index contributed by atoms with van der Waals surface area (Å²) in [4.78, 5) is 14.6. The molecule has 1 aromatic rings. The maximum atomic E-state index is 11.7. The van der Waals surface area contributed by atoms with E-state index >= 15 is 0 Å². The lowest BCUT2D eigenvalue weighted by atomic mass is 10.3. The number of rotatable bonds is 7. The Hall–Kier alpha value is -0.710. The highest BCUT2D eigenvalue weighted by atomic mass is 32.1. The number of thiophene rings is 1. The van der Waals surface area contributed by atoms with E-state index in [1.807, 2.05) is 43.3 Å². The van der Waals surface area contributed by atoms with Crippen LogP contribution in [0.25, 0.3) is 0 Å². The van der Waals surface area contributed by atoms with Crippen LogP contribution < -0.4 is 0 Å². The van der Waals surface area contributed by atoms with Crippen molar-refractivity contribution in [3.8, 4) is 0 Å². The van der Waals surface area contributed by atoms with Crippen molar-refractivity contribution in [2.45, 2.75) is 20.0 Å². The second-order valence-electron chi connectivity index (χ2n) is 4.06. The van der Waals surface area contributed by atoms with Gasteiger partial charge in [0.15, 0.2) is 5.78 Å². The zero-order valence-electron chi connectivity index (χ0n) is 10.1. The molecule has 90 valence electrons. The molecule has 0 aliphatic heterocycles. The monoisotopic (exact) mass is 241 g/mol. The van der Waals surface area contributed by atoms with E-state index in [9.17, 15) is 4.79 Å². The van der Waals surface area contributed by atoms with Crippen molar-refractivity contribution in [2.75, 3.05) is 26.7 Å². The highest BCUT2D eigenvalue weighted by Crippen LogP contribution is 2.09. The van der Waals surface area contributed by atoms with Crippen molar-refractivity contribution in [3.05, 3.63) is 22.4 Å². The fourth-order valence-corrected chi connectivity index (χ4v) is 1.94. The molecule has 0 unspecified atom stereocenters. The molecular weight excluding hydrogens is 222 g/mol. The number of nitrogens with zero attached hydrogens (tertiary/aromatic N) is 1. The number of Topliss-reactive ketones (excluding diaryl/α,β-unsaturated/α-hetero) is 1. The van der Waals surface area contributed by atoms with Gasteiger partial charge in [-0.3, -0.25) is 9.69 Å². The molecule has 0 aromatic carbocycles. The van der Waals surface area contributed by atoms with E-state index in [0.29, 0.717) is 13.2 Å². The van der Waals surface area contributed by atoms with Gasteiger partial charge in [-0.25, -0.2) is 0 Å². The lowest BCUT2D eigenvalue weighted by Crippen LogP contribution is -2.29. The molecule has 0 saturated heterocycles. The van der Waals surface area contributed by atoms with Gasteiger partial charge in [0.25, 0.3) is 0 Å². The maximum Gasteiger partial charge on any atom is 0.186 e. The predicted octanol–water partition coefficient (Wildman–Crippen LogP) is 2.29. The molecule has 3 nitrogen and oxygen atoms in total. The quantitative estimate of drug-likeness (QED) is 0.686. The van der Waals surface area contributed by atoms with Crippen molar-refractivity contribution >= 4 is 17.1 Å². The molecule has 1 rings (SSSR count). The van der Waals surface area contributed by atoms with E-state index in [1.165, 1.54) is 11.3 Å². The Morgan fingerprint density at radius 1 is 1.56 bits per heavy atom. The number of ketones is 1. The van der Waals surface area contributed by atoms with Crippen molar-refractivity contribution in [1.82, 2.24) is 4.90 Å². The first-order valence-corrected chi connectivity index (χ1v) is 6.34. The normalized spacial score (nSPS) is 11.3. The van der Waals surface area contributed by atoms with Crippen molar-refractivity contribution in [3.63, 3.8) is 0 Å². The van der Waals surface area contributed by atoms with E-state index in [-0.39, 0.29) is 11.9 Å². The van der Waals surface area contributed by atoms with Gasteiger partial charge in [0.2, 0.25) is 0 Å². The van der Waals surface area contributed by atoms with Crippen LogP contribution in [0, 0.1) is 0 Å². The molecule has 16 heavy (non-hydrogen) atoms. The number of carbonyl (C=O) groups excluding carboxylic acids is 1. The zero-order valence-corrected chi connectivity index (χ0v) is 10.9. The Balaban J connectivity index is 2.24. The van der Waals surface area contributed by atoms with Crippen LogP contribution in [-0.2, 0) is 4.74 Å². The van der Waals surface area contributed by atoms with Gasteiger partial charge in [-0.15, -0.1) is 11.3 Å². The van der Waals surface area contributed by atoms with Crippen LogP contribution in [0.5, 0.6) is 0 Å². The van der Waals surface area contributed by atoms with Crippen molar-refractivity contribution in [1.29, 1.82) is 0 Å². The third kappa shape index (κ3) is 4.88. The molecule has 0 atom stereocenters. The number of carbonyl (C=O) groups is 1. The number of hydrogen-bond acceptors (Lipinski definition) is 4. The highest BCUT2D eigenvalue weighted by Gasteiger charge is 2.09. The lowest BCUT2D eigenvalue weighted by Gasteiger charge is -2.16. The Labute approximate surface area is 101 Å². The van der Waals surface area contributed by atoms with Crippen molar-refractivity contribution in [2.24, 2.45) is 0 Å². The summed E-state index contributed by atoms with van der Waals surface area (Å²) in [5, 5.41) is 1.93. The first kappa shape index (κ1) is 13.4. The molecule has 0 N–H and O–H groups in total. The predicted molar refractivity (Wildman–Crippen MR) is 67.2 cm³/mol. The molecule has 4 heteroatoms. The largest absolute Gasteiger partial charge is 0.377 e. The summed E-state index contributed by atoms with van der Waals surface area (Å²) in [5.41, 5.74) is 0. The maximum absolute atomic E-state index is 11.7. The first-order chi connectivity index (χ1) is 7.59. The van der Waals surface area contributed by atoms with Gasteiger partial charge in [0.1, 0.15) is 0 Å². The molecule has 0 saturated carbocycles. The van der Waals surface area contributed by atoms with E-state index in [2.05, 4.69) is 0 Å². The topological polar surface area (TPSA) is 29.5 Å². The average Bonchev–Trinajstić information content (AvgIpc) is 2.69. The average molecular weight is 241 g/mol.